The van der Waals surface area contributed by atoms with Gasteiger partial charge in [0.2, 0.25) is 0 Å². The Bertz CT molecular complexity index is 780. The standard InChI is InChI=1S/C13H8BrFIN3OS/c1-21-13-18-11(8(5-17)12(20)19-13)6-2-9(15)7(4-14)10(16)3-6/h2-3H,4H2,1H3,(H,18,19,20). The zero-order valence-corrected chi connectivity index (χ0v) is 15.3. The average Bonchev–Trinajstić information content (AvgIpc) is 2.45. The Labute approximate surface area is 146 Å². The predicted octanol–water partition coefficient (Wildman–Crippen LogP) is 3.67. The maximum absolute atomic E-state index is 14.1. The van der Waals surface area contributed by atoms with Crippen molar-refractivity contribution in [3.05, 3.63) is 43.0 Å². The number of thioether (sulfide) groups is 1. The Morgan fingerprint density at radius 2 is 2.29 bits per heavy atom. The highest BCUT2D eigenvalue weighted by atomic mass is 127. The lowest BCUT2D eigenvalue weighted by Gasteiger charge is -2.09. The quantitative estimate of drug-likeness (QED) is 0.315. The predicted molar refractivity (Wildman–Crippen MR) is 92.1 cm³/mol. The Hall–Kier alpha value is -0.920. The first-order valence-corrected chi connectivity index (χ1v) is 9.07. The molecule has 21 heavy (non-hydrogen) atoms. The van der Waals surface area contributed by atoms with E-state index >= 15 is 0 Å². The SMILES string of the molecule is CSc1nc(-c2cc(F)c(CBr)c(I)c2)c(C#N)c(=O)[nH]1. The van der Waals surface area contributed by atoms with Gasteiger partial charge in [-0.1, -0.05) is 27.7 Å². The molecule has 0 aliphatic rings. The molecule has 0 unspecified atom stereocenters. The van der Waals surface area contributed by atoms with Gasteiger partial charge in [-0.3, -0.25) is 4.79 Å². The third-order valence-electron chi connectivity index (χ3n) is 2.75. The van der Waals surface area contributed by atoms with Crippen LogP contribution in [0, 0.1) is 20.7 Å². The van der Waals surface area contributed by atoms with Crippen molar-refractivity contribution in [1.82, 2.24) is 9.97 Å². The Kier molecular flexibility index (Phi) is 5.40. The molecule has 2 rings (SSSR count). The highest BCUT2D eigenvalue weighted by Crippen LogP contribution is 2.28. The van der Waals surface area contributed by atoms with Gasteiger partial charge in [-0.2, -0.15) is 5.26 Å². The number of benzene rings is 1. The molecular weight excluding hydrogens is 472 g/mol. The maximum Gasteiger partial charge on any atom is 0.270 e. The van der Waals surface area contributed by atoms with Crippen LogP contribution in [0.4, 0.5) is 4.39 Å². The molecule has 0 radical (unpaired) electrons. The van der Waals surface area contributed by atoms with Gasteiger partial charge in [-0.15, -0.1) is 0 Å². The van der Waals surface area contributed by atoms with Crippen molar-refractivity contribution >= 4 is 50.3 Å². The number of nitrogens with zero attached hydrogens (tertiary/aromatic N) is 2. The second-order valence-corrected chi connectivity index (χ2v) is 6.48. The minimum absolute atomic E-state index is 0.116. The van der Waals surface area contributed by atoms with E-state index in [1.807, 2.05) is 28.7 Å². The lowest BCUT2D eigenvalue weighted by Crippen LogP contribution is -2.14. The van der Waals surface area contributed by atoms with Crippen LogP contribution in [0.1, 0.15) is 11.1 Å². The number of nitrogens with one attached hydrogen (secondary N) is 1. The molecule has 1 aromatic carbocycles. The second kappa shape index (κ2) is 6.89. The third-order valence-corrected chi connectivity index (χ3v) is 4.85. The number of rotatable bonds is 3. The van der Waals surface area contributed by atoms with E-state index < -0.39 is 11.4 Å². The Morgan fingerprint density at radius 3 is 2.81 bits per heavy atom. The summed E-state index contributed by atoms with van der Waals surface area (Å²) in [5.74, 6) is -0.398. The van der Waals surface area contributed by atoms with Crippen LogP contribution < -0.4 is 5.56 Å². The van der Waals surface area contributed by atoms with Crippen LogP contribution in [-0.2, 0) is 5.33 Å². The van der Waals surface area contributed by atoms with Gasteiger partial charge in [0.15, 0.2) is 5.16 Å². The summed E-state index contributed by atoms with van der Waals surface area (Å²) < 4.78 is 14.8. The molecule has 1 N–H and O–H groups in total. The van der Waals surface area contributed by atoms with Crippen LogP contribution in [0.5, 0.6) is 0 Å². The lowest BCUT2D eigenvalue weighted by atomic mass is 10.1. The number of H-pyrrole nitrogens is 1. The van der Waals surface area contributed by atoms with Crippen LogP contribution in [-0.4, -0.2) is 16.2 Å². The van der Waals surface area contributed by atoms with Gasteiger partial charge >= 0.3 is 0 Å². The largest absolute Gasteiger partial charge is 0.300 e. The molecule has 1 heterocycles. The van der Waals surface area contributed by atoms with Gasteiger partial charge in [-0.05, 0) is 41.0 Å². The summed E-state index contributed by atoms with van der Waals surface area (Å²) in [6, 6.07) is 4.84. The summed E-state index contributed by atoms with van der Waals surface area (Å²) in [5.41, 5.74) is 0.511. The number of hydrogen-bond acceptors (Lipinski definition) is 4. The van der Waals surface area contributed by atoms with Crippen molar-refractivity contribution < 1.29 is 4.39 Å². The molecule has 0 bridgehead atoms. The molecule has 0 saturated carbocycles. The fraction of sp³-hybridized carbons (Fsp3) is 0.154. The van der Waals surface area contributed by atoms with Crippen molar-refractivity contribution in [3.8, 4) is 17.3 Å². The van der Waals surface area contributed by atoms with Gasteiger partial charge in [0.25, 0.3) is 5.56 Å². The summed E-state index contributed by atoms with van der Waals surface area (Å²) in [6.45, 7) is 0. The fourth-order valence-corrected chi connectivity index (χ4v) is 3.98. The summed E-state index contributed by atoms with van der Waals surface area (Å²) in [5, 5.41) is 9.92. The van der Waals surface area contributed by atoms with Crippen LogP contribution >= 0.6 is 50.3 Å². The Balaban J connectivity index is 2.75. The minimum atomic E-state index is -0.521. The summed E-state index contributed by atoms with van der Waals surface area (Å²) in [7, 11) is 0. The zero-order chi connectivity index (χ0) is 15.6. The highest BCUT2D eigenvalue weighted by molar-refractivity contribution is 14.1. The zero-order valence-electron chi connectivity index (χ0n) is 10.7. The molecule has 2 aromatic rings. The molecule has 0 saturated heterocycles. The third kappa shape index (κ3) is 3.30. The van der Waals surface area contributed by atoms with Crippen LogP contribution in [0.15, 0.2) is 22.1 Å². The number of alkyl halides is 1. The van der Waals surface area contributed by atoms with Crippen LogP contribution in [0.25, 0.3) is 11.3 Å². The van der Waals surface area contributed by atoms with Gasteiger partial charge in [0, 0.05) is 20.0 Å². The number of aromatic amines is 1. The lowest BCUT2D eigenvalue weighted by molar-refractivity contribution is 0.616. The van der Waals surface area contributed by atoms with Gasteiger partial charge in [0.05, 0.1) is 5.69 Å². The first kappa shape index (κ1) is 16.5. The maximum atomic E-state index is 14.1. The van der Waals surface area contributed by atoms with E-state index in [-0.39, 0.29) is 11.3 Å². The highest BCUT2D eigenvalue weighted by Gasteiger charge is 2.16. The van der Waals surface area contributed by atoms with E-state index in [9.17, 15) is 9.18 Å². The first-order valence-electron chi connectivity index (χ1n) is 5.64. The minimum Gasteiger partial charge on any atom is -0.300 e. The fourth-order valence-electron chi connectivity index (χ4n) is 1.73. The summed E-state index contributed by atoms with van der Waals surface area (Å²) in [4.78, 5) is 18.6. The van der Waals surface area contributed by atoms with Crippen molar-refractivity contribution in [1.29, 1.82) is 5.26 Å². The number of aromatic nitrogens is 2. The molecule has 0 atom stereocenters. The van der Waals surface area contributed by atoms with E-state index in [1.165, 1.54) is 17.8 Å². The molecule has 1 aromatic heterocycles. The van der Waals surface area contributed by atoms with Crippen molar-refractivity contribution in [2.45, 2.75) is 10.5 Å². The van der Waals surface area contributed by atoms with E-state index in [0.29, 0.717) is 25.2 Å². The Morgan fingerprint density at radius 1 is 1.57 bits per heavy atom. The van der Waals surface area contributed by atoms with E-state index in [0.717, 1.165) is 0 Å². The van der Waals surface area contributed by atoms with Crippen LogP contribution in [0.2, 0.25) is 0 Å². The second-order valence-electron chi connectivity index (χ2n) is 3.96. The molecular formula is C13H8BrFIN3OS. The molecule has 8 heteroatoms. The number of hydrogen-bond donors (Lipinski definition) is 1. The van der Waals surface area contributed by atoms with Crippen molar-refractivity contribution in [3.63, 3.8) is 0 Å². The van der Waals surface area contributed by atoms with Crippen molar-refractivity contribution in [2.24, 2.45) is 0 Å². The number of halogens is 3. The molecule has 108 valence electrons. The topological polar surface area (TPSA) is 69.5 Å². The normalized spacial score (nSPS) is 10.4. The smallest absolute Gasteiger partial charge is 0.270 e. The van der Waals surface area contributed by atoms with Gasteiger partial charge < -0.3 is 4.98 Å². The molecule has 0 fully saturated rings. The molecule has 0 aliphatic heterocycles. The molecule has 0 amide bonds. The van der Waals surface area contributed by atoms with E-state index in [2.05, 4.69) is 25.9 Å². The average molecular weight is 480 g/mol. The van der Waals surface area contributed by atoms with Gasteiger partial charge in [0.1, 0.15) is 17.4 Å². The molecule has 0 spiro atoms. The summed E-state index contributed by atoms with van der Waals surface area (Å²) >= 11 is 6.50. The summed E-state index contributed by atoms with van der Waals surface area (Å²) in [6.07, 6.45) is 1.76. The molecule has 4 nitrogen and oxygen atoms in total. The molecule has 0 aliphatic carbocycles. The first-order chi connectivity index (χ1) is 10.0. The van der Waals surface area contributed by atoms with Crippen molar-refractivity contribution in [2.75, 3.05) is 6.26 Å². The van der Waals surface area contributed by atoms with Crippen LogP contribution in [0.3, 0.4) is 0 Å². The van der Waals surface area contributed by atoms with E-state index in [1.54, 1.807) is 12.3 Å². The monoisotopic (exact) mass is 479 g/mol. The van der Waals surface area contributed by atoms with Gasteiger partial charge in [-0.25, -0.2) is 9.37 Å². The number of nitriles is 1. The van der Waals surface area contributed by atoms with E-state index in [4.69, 9.17) is 5.26 Å².